The molecule has 0 spiro atoms. The quantitative estimate of drug-likeness (QED) is 0.880. The Morgan fingerprint density at radius 1 is 1.14 bits per heavy atom. The highest BCUT2D eigenvalue weighted by Gasteiger charge is 2.19. The summed E-state index contributed by atoms with van der Waals surface area (Å²) >= 11 is 0. The van der Waals surface area contributed by atoms with Gasteiger partial charge in [0.1, 0.15) is 5.75 Å². The van der Waals surface area contributed by atoms with E-state index >= 15 is 0 Å². The van der Waals surface area contributed by atoms with Crippen LogP contribution in [0.3, 0.4) is 0 Å². The number of hydrogen-bond acceptors (Lipinski definition) is 3. The van der Waals surface area contributed by atoms with Crippen LogP contribution in [0.4, 0.5) is 11.4 Å². The van der Waals surface area contributed by atoms with E-state index in [1.54, 1.807) is 7.11 Å². The van der Waals surface area contributed by atoms with E-state index in [4.69, 9.17) is 10.5 Å². The number of nitrogens with zero attached hydrogens (tertiary/aromatic N) is 1. The molecule has 3 rings (SSSR count). The van der Waals surface area contributed by atoms with Crippen molar-refractivity contribution in [3.63, 3.8) is 0 Å². The molecule has 0 fully saturated rings. The molecule has 0 radical (unpaired) electrons. The Kier molecular flexibility index (Phi) is 4.97. The lowest BCUT2D eigenvalue weighted by molar-refractivity contribution is 0.409. The van der Waals surface area contributed by atoms with Gasteiger partial charge in [-0.15, -0.1) is 12.4 Å². The first-order chi connectivity index (χ1) is 9.79. The lowest BCUT2D eigenvalue weighted by Crippen LogP contribution is -2.29. The molecule has 2 aromatic carbocycles. The average Bonchev–Trinajstić information content (AvgIpc) is 2.49. The second kappa shape index (κ2) is 6.72. The summed E-state index contributed by atoms with van der Waals surface area (Å²) < 4.78 is 5.45. The summed E-state index contributed by atoms with van der Waals surface area (Å²) in [7, 11) is 1.72. The van der Waals surface area contributed by atoms with Crippen molar-refractivity contribution < 1.29 is 4.74 Å². The van der Waals surface area contributed by atoms with Gasteiger partial charge in [0, 0.05) is 30.0 Å². The highest BCUT2D eigenvalue weighted by Crippen LogP contribution is 2.33. The maximum Gasteiger partial charge on any atom is 0.123 e. The summed E-state index contributed by atoms with van der Waals surface area (Å²) in [5, 5.41) is 0. The zero-order valence-corrected chi connectivity index (χ0v) is 13.0. The Hall–Kier alpha value is -1.87. The van der Waals surface area contributed by atoms with Crippen molar-refractivity contribution in [2.45, 2.75) is 19.4 Å². The first-order valence-corrected chi connectivity index (χ1v) is 7.04. The fraction of sp³-hybridized carbons (Fsp3) is 0.294. The SMILES string of the molecule is COc1ccccc1CN1CCCc2c(N)cccc21.Cl. The van der Waals surface area contributed by atoms with Gasteiger partial charge in [-0.25, -0.2) is 0 Å². The van der Waals surface area contributed by atoms with E-state index in [0.29, 0.717) is 0 Å². The Labute approximate surface area is 132 Å². The predicted octanol–water partition coefficient (Wildman–Crippen LogP) is 3.65. The smallest absolute Gasteiger partial charge is 0.123 e. The van der Waals surface area contributed by atoms with Crippen LogP contribution in [0.2, 0.25) is 0 Å². The molecular formula is C17H21ClN2O. The highest BCUT2D eigenvalue weighted by molar-refractivity contribution is 5.85. The second-order valence-corrected chi connectivity index (χ2v) is 5.18. The normalized spacial score (nSPS) is 13.3. The van der Waals surface area contributed by atoms with Crippen molar-refractivity contribution in [2.24, 2.45) is 0 Å². The zero-order chi connectivity index (χ0) is 13.9. The van der Waals surface area contributed by atoms with E-state index in [1.807, 2.05) is 24.3 Å². The number of fused-ring (bicyclic) bond motifs is 1. The highest BCUT2D eigenvalue weighted by atomic mass is 35.5. The molecule has 0 aromatic heterocycles. The molecule has 0 atom stereocenters. The molecule has 0 unspecified atom stereocenters. The summed E-state index contributed by atoms with van der Waals surface area (Å²) in [6.45, 7) is 1.93. The van der Waals surface area contributed by atoms with Crippen LogP contribution in [-0.4, -0.2) is 13.7 Å². The van der Waals surface area contributed by atoms with E-state index in [2.05, 4.69) is 23.1 Å². The van der Waals surface area contributed by atoms with Gasteiger partial charge < -0.3 is 15.4 Å². The van der Waals surface area contributed by atoms with Gasteiger partial charge >= 0.3 is 0 Å². The Morgan fingerprint density at radius 3 is 2.76 bits per heavy atom. The van der Waals surface area contributed by atoms with Gasteiger partial charge in [-0.05, 0) is 36.6 Å². The fourth-order valence-corrected chi connectivity index (χ4v) is 2.93. The molecule has 0 saturated heterocycles. The standard InChI is InChI=1S/C17H20N2O.ClH/c1-20-17-10-3-2-6-13(17)12-19-11-5-7-14-15(18)8-4-9-16(14)19;/h2-4,6,8-10H,5,7,11-12,18H2,1H3;1H. The Morgan fingerprint density at radius 2 is 1.95 bits per heavy atom. The third-order valence-corrected chi connectivity index (χ3v) is 3.94. The van der Waals surface area contributed by atoms with Gasteiger partial charge in [-0.3, -0.25) is 0 Å². The molecule has 112 valence electrons. The molecule has 3 nitrogen and oxygen atoms in total. The van der Waals surface area contributed by atoms with E-state index in [-0.39, 0.29) is 12.4 Å². The first kappa shape index (κ1) is 15.5. The van der Waals surface area contributed by atoms with Crippen molar-refractivity contribution in [1.29, 1.82) is 0 Å². The average molecular weight is 305 g/mol. The van der Waals surface area contributed by atoms with Gasteiger partial charge in [-0.1, -0.05) is 24.3 Å². The lowest BCUT2D eigenvalue weighted by Gasteiger charge is -2.32. The van der Waals surface area contributed by atoms with Crippen LogP contribution in [0.15, 0.2) is 42.5 Å². The summed E-state index contributed by atoms with van der Waals surface area (Å²) in [5.41, 5.74) is 10.8. The fourth-order valence-electron chi connectivity index (χ4n) is 2.93. The van der Waals surface area contributed by atoms with E-state index < -0.39 is 0 Å². The number of anilines is 2. The van der Waals surface area contributed by atoms with Gasteiger partial charge in [0.2, 0.25) is 0 Å². The molecule has 1 aliphatic rings. The lowest BCUT2D eigenvalue weighted by atomic mass is 9.99. The van der Waals surface area contributed by atoms with Gasteiger partial charge in [-0.2, -0.15) is 0 Å². The maximum absolute atomic E-state index is 6.10. The Balaban J connectivity index is 0.00000161. The van der Waals surface area contributed by atoms with E-state index in [9.17, 15) is 0 Å². The number of nitrogen functional groups attached to an aromatic ring is 1. The zero-order valence-electron chi connectivity index (χ0n) is 12.2. The maximum atomic E-state index is 6.10. The van der Waals surface area contributed by atoms with Gasteiger partial charge in [0.25, 0.3) is 0 Å². The number of benzene rings is 2. The van der Waals surface area contributed by atoms with Crippen molar-refractivity contribution >= 4 is 23.8 Å². The third-order valence-electron chi connectivity index (χ3n) is 3.94. The number of methoxy groups -OCH3 is 1. The van der Waals surface area contributed by atoms with E-state index in [1.165, 1.54) is 16.8 Å². The molecule has 1 heterocycles. The minimum atomic E-state index is 0. The number of nitrogens with two attached hydrogens (primary N) is 1. The number of halogens is 1. The van der Waals surface area contributed by atoms with E-state index in [0.717, 1.165) is 37.4 Å². The van der Waals surface area contributed by atoms with Crippen molar-refractivity contribution in [3.8, 4) is 5.75 Å². The molecule has 4 heteroatoms. The molecule has 0 saturated carbocycles. The van der Waals surface area contributed by atoms with Crippen molar-refractivity contribution in [2.75, 3.05) is 24.3 Å². The van der Waals surface area contributed by atoms with Crippen LogP contribution < -0.4 is 15.4 Å². The number of ether oxygens (including phenoxy) is 1. The number of rotatable bonds is 3. The van der Waals surface area contributed by atoms with Crippen LogP contribution >= 0.6 is 12.4 Å². The molecular weight excluding hydrogens is 284 g/mol. The number of para-hydroxylation sites is 1. The van der Waals surface area contributed by atoms with Crippen LogP contribution in [-0.2, 0) is 13.0 Å². The Bertz CT molecular complexity index is 615. The van der Waals surface area contributed by atoms with Crippen LogP contribution in [0.5, 0.6) is 5.75 Å². The molecule has 0 bridgehead atoms. The van der Waals surface area contributed by atoms with Crippen LogP contribution in [0.25, 0.3) is 0 Å². The molecule has 1 aliphatic heterocycles. The van der Waals surface area contributed by atoms with Crippen LogP contribution in [0, 0.1) is 0 Å². The van der Waals surface area contributed by atoms with Crippen molar-refractivity contribution in [1.82, 2.24) is 0 Å². The molecule has 0 aliphatic carbocycles. The third kappa shape index (κ3) is 3.08. The summed E-state index contributed by atoms with van der Waals surface area (Å²) in [4.78, 5) is 2.40. The summed E-state index contributed by atoms with van der Waals surface area (Å²) in [6, 6.07) is 14.4. The summed E-state index contributed by atoms with van der Waals surface area (Å²) in [5.74, 6) is 0.948. The van der Waals surface area contributed by atoms with Gasteiger partial charge in [0.15, 0.2) is 0 Å². The largest absolute Gasteiger partial charge is 0.496 e. The molecule has 0 amide bonds. The molecule has 2 aromatic rings. The number of hydrogen-bond donors (Lipinski definition) is 1. The minimum absolute atomic E-state index is 0. The first-order valence-electron chi connectivity index (χ1n) is 7.04. The van der Waals surface area contributed by atoms with Gasteiger partial charge in [0.05, 0.1) is 7.11 Å². The predicted molar refractivity (Wildman–Crippen MR) is 90.5 cm³/mol. The topological polar surface area (TPSA) is 38.5 Å². The molecule has 21 heavy (non-hydrogen) atoms. The minimum Gasteiger partial charge on any atom is -0.496 e. The van der Waals surface area contributed by atoms with Crippen molar-refractivity contribution in [3.05, 3.63) is 53.6 Å². The van der Waals surface area contributed by atoms with Crippen LogP contribution in [0.1, 0.15) is 17.5 Å². The monoisotopic (exact) mass is 304 g/mol. The summed E-state index contributed by atoms with van der Waals surface area (Å²) in [6.07, 6.45) is 2.22. The second-order valence-electron chi connectivity index (χ2n) is 5.18. The molecule has 2 N–H and O–H groups in total.